The van der Waals surface area contributed by atoms with Crippen molar-refractivity contribution in [3.8, 4) is 17.2 Å². The Balaban J connectivity index is 1.81. The molecule has 0 N–H and O–H groups in total. The van der Waals surface area contributed by atoms with Gasteiger partial charge in [-0.3, -0.25) is 14.9 Å². The molecular weight excluding hydrogens is 333 g/mol. The fraction of sp³-hybridized carbons (Fsp3) is 0.235. The number of nitro groups is 1. The number of nitrogens with zero attached hydrogens (tertiary/aromatic N) is 1. The van der Waals surface area contributed by atoms with Crippen LogP contribution in [0.3, 0.4) is 0 Å². The molecule has 0 aromatic heterocycles. The number of carbonyl (C=O) groups excluding carboxylic acids is 1. The van der Waals surface area contributed by atoms with Crippen LogP contribution in [0.25, 0.3) is 0 Å². The van der Waals surface area contributed by atoms with Crippen LogP contribution in [0.4, 0.5) is 10.1 Å². The van der Waals surface area contributed by atoms with E-state index in [-0.39, 0.29) is 13.0 Å². The van der Waals surface area contributed by atoms with Gasteiger partial charge in [-0.25, -0.2) is 4.39 Å². The van der Waals surface area contributed by atoms with Crippen molar-refractivity contribution in [2.75, 3.05) is 13.7 Å². The van der Waals surface area contributed by atoms with Crippen LogP contribution in [-0.2, 0) is 4.79 Å². The molecule has 0 fully saturated rings. The summed E-state index contributed by atoms with van der Waals surface area (Å²) in [4.78, 5) is 21.9. The van der Waals surface area contributed by atoms with Crippen LogP contribution in [0, 0.1) is 15.9 Å². The predicted octanol–water partition coefficient (Wildman–Crippen LogP) is 3.51. The number of methoxy groups -OCH3 is 1. The van der Waals surface area contributed by atoms with Gasteiger partial charge < -0.3 is 14.2 Å². The van der Waals surface area contributed by atoms with Crippen molar-refractivity contribution in [3.63, 3.8) is 0 Å². The minimum Gasteiger partial charge on any atom is -0.497 e. The Hall–Kier alpha value is -3.16. The maximum Gasteiger partial charge on any atom is 0.311 e. The number of rotatable bonds is 8. The molecule has 0 saturated carbocycles. The fourth-order valence-corrected chi connectivity index (χ4v) is 1.97. The van der Waals surface area contributed by atoms with E-state index in [1.807, 2.05) is 0 Å². The largest absolute Gasteiger partial charge is 0.497 e. The Bertz CT molecular complexity index is 747. The number of hydrogen-bond donors (Lipinski definition) is 0. The van der Waals surface area contributed by atoms with Crippen molar-refractivity contribution in [1.29, 1.82) is 0 Å². The highest BCUT2D eigenvalue weighted by Gasteiger charge is 2.18. The van der Waals surface area contributed by atoms with Crippen LogP contribution in [0.2, 0.25) is 0 Å². The molecule has 0 aliphatic heterocycles. The maximum absolute atomic E-state index is 13.2. The predicted molar refractivity (Wildman–Crippen MR) is 86.4 cm³/mol. The number of ether oxygens (including phenoxy) is 3. The third-order valence-corrected chi connectivity index (χ3v) is 3.20. The Morgan fingerprint density at radius 2 is 1.84 bits per heavy atom. The third kappa shape index (κ3) is 5.45. The highest BCUT2D eigenvalue weighted by molar-refractivity contribution is 5.73. The lowest BCUT2D eigenvalue weighted by Gasteiger charge is -2.07. The van der Waals surface area contributed by atoms with Crippen LogP contribution >= 0.6 is 0 Å². The Labute approximate surface area is 143 Å². The van der Waals surface area contributed by atoms with Crippen molar-refractivity contribution in [2.24, 2.45) is 0 Å². The minimum absolute atomic E-state index is 0.0240. The van der Waals surface area contributed by atoms with E-state index in [1.54, 1.807) is 31.4 Å². The first-order valence-corrected chi connectivity index (χ1v) is 7.41. The zero-order valence-corrected chi connectivity index (χ0v) is 13.4. The van der Waals surface area contributed by atoms with Gasteiger partial charge in [-0.2, -0.15) is 0 Å². The third-order valence-electron chi connectivity index (χ3n) is 3.20. The molecule has 0 saturated heterocycles. The number of carbonyl (C=O) groups is 1. The molecular formula is C17H16FNO6. The first kappa shape index (κ1) is 18.2. The van der Waals surface area contributed by atoms with Gasteiger partial charge in [-0.1, -0.05) is 0 Å². The molecule has 0 aliphatic carbocycles. The molecule has 0 bridgehead atoms. The van der Waals surface area contributed by atoms with Crippen LogP contribution in [0.1, 0.15) is 12.8 Å². The normalized spacial score (nSPS) is 10.2. The molecule has 0 spiro atoms. The van der Waals surface area contributed by atoms with Gasteiger partial charge in [-0.15, -0.1) is 0 Å². The summed E-state index contributed by atoms with van der Waals surface area (Å²) in [5.41, 5.74) is -0.468. The zero-order valence-electron chi connectivity index (χ0n) is 13.4. The number of esters is 1. The van der Waals surface area contributed by atoms with E-state index in [2.05, 4.69) is 0 Å². The molecule has 2 aromatic rings. The molecule has 8 heteroatoms. The van der Waals surface area contributed by atoms with Crippen molar-refractivity contribution in [2.45, 2.75) is 12.8 Å². The van der Waals surface area contributed by atoms with E-state index in [9.17, 15) is 19.3 Å². The molecule has 0 heterocycles. The monoisotopic (exact) mass is 349 g/mol. The summed E-state index contributed by atoms with van der Waals surface area (Å²) in [7, 11) is 1.56. The molecule has 0 atom stereocenters. The second-order valence-electron chi connectivity index (χ2n) is 4.97. The van der Waals surface area contributed by atoms with Gasteiger partial charge in [0.25, 0.3) is 0 Å². The first-order chi connectivity index (χ1) is 12.0. The standard InChI is InChI=1S/C17H16FNO6/c1-23-13-5-7-14(8-6-13)24-10-2-3-17(20)25-16-11-12(18)4-9-15(16)19(21)22/h4-9,11H,2-3,10H2,1H3. The van der Waals surface area contributed by atoms with Crippen molar-refractivity contribution in [1.82, 2.24) is 0 Å². The van der Waals surface area contributed by atoms with Gasteiger partial charge in [0.05, 0.1) is 18.6 Å². The lowest BCUT2D eigenvalue weighted by atomic mass is 10.3. The summed E-state index contributed by atoms with van der Waals surface area (Å²) in [5, 5.41) is 10.8. The van der Waals surface area contributed by atoms with E-state index in [0.29, 0.717) is 17.9 Å². The number of nitro benzene ring substituents is 1. The SMILES string of the molecule is COc1ccc(OCCCC(=O)Oc2cc(F)ccc2[N+](=O)[O-])cc1. The fourth-order valence-electron chi connectivity index (χ4n) is 1.97. The van der Waals surface area contributed by atoms with Crippen molar-refractivity contribution >= 4 is 11.7 Å². The molecule has 2 aromatic carbocycles. The van der Waals surface area contributed by atoms with Crippen LogP contribution in [0.15, 0.2) is 42.5 Å². The van der Waals surface area contributed by atoms with Crippen LogP contribution in [-0.4, -0.2) is 24.6 Å². The quantitative estimate of drug-likeness (QED) is 0.238. The van der Waals surface area contributed by atoms with E-state index >= 15 is 0 Å². The number of benzene rings is 2. The molecule has 25 heavy (non-hydrogen) atoms. The average molecular weight is 349 g/mol. The molecule has 0 amide bonds. The Morgan fingerprint density at radius 1 is 1.16 bits per heavy atom. The zero-order chi connectivity index (χ0) is 18.2. The topological polar surface area (TPSA) is 87.9 Å². The summed E-state index contributed by atoms with van der Waals surface area (Å²) < 4.78 is 28.5. The number of hydrogen-bond acceptors (Lipinski definition) is 6. The van der Waals surface area contributed by atoms with Gasteiger partial charge in [0, 0.05) is 18.6 Å². The van der Waals surface area contributed by atoms with Gasteiger partial charge >= 0.3 is 11.7 Å². The smallest absolute Gasteiger partial charge is 0.311 e. The summed E-state index contributed by atoms with van der Waals surface area (Å²) in [6.45, 7) is 0.257. The lowest BCUT2D eigenvalue weighted by Crippen LogP contribution is -2.11. The van der Waals surface area contributed by atoms with Gasteiger partial charge in [0.15, 0.2) is 0 Å². The Kier molecular flexibility index (Phi) is 6.27. The van der Waals surface area contributed by atoms with Gasteiger partial charge in [0.2, 0.25) is 5.75 Å². The number of halogens is 1. The molecule has 0 aliphatic rings. The van der Waals surface area contributed by atoms with Crippen LogP contribution in [0.5, 0.6) is 17.2 Å². The van der Waals surface area contributed by atoms with E-state index in [4.69, 9.17) is 14.2 Å². The summed E-state index contributed by atoms with van der Waals surface area (Å²) in [6.07, 6.45) is 0.317. The minimum atomic E-state index is -0.741. The molecule has 132 valence electrons. The molecule has 7 nitrogen and oxygen atoms in total. The van der Waals surface area contributed by atoms with E-state index in [0.717, 1.165) is 18.2 Å². The highest BCUT2D eigenvalue weighted by atomic mass is 19.1. The summed E-state index contributed by atoms with van der Waals surface area (Å²) in [5.74, 6) is -0.517. The highest BCUT2D eigenvalue weighted by Crippen LogP contribution is 2.27. The van der Waals surface area contributed by atoms with Gasteiger partial charge in [-0.05, 0) is 36.8 Å². The molecule has 0 unspecified atom stereocenters. The second-order valence-corrected chi connectivity index (χ2v) is 4.97. The second kappa shape index (κ2) is 8.62. The Morgan fingerprint density at radius 3 is 2.48 bits per heavy atom. The first-order valence-electron chi connectivity index (χ1n) is 7.41. The molecule has 2 rings (SSSR count). The van der Waals surface area contributed by atoms with Crippen LogP contribution < -0.4 is 14.2 Å². The lowest BCUT2D eigenvalue weighted by molar-refractivity contribution is -0.385. The van der Waals surface area contributed by atoms with Crippen molar-refractivity contribution < 1.29 is 28.3 Å². The van der Waals surface area contributed by atoms with Crippen molar-refractivity contribution in [3.05, 3.63) is 58.4 Å². The molecule has 0 radical (unpaired) electrons. The summed E-state index contributed by atoms with van der Waals surface area (Å²) >= 11 is 0. The summed E-state index contributed by atoms with van der Waals surface area (Å²) in [6, 6.07) is 9.63. The average Bonchev–Trinajstić information content (AvgIpc) is 2.59. The van der Waals surface area contributed by atoms with E-state index in [1.165, 1.54) is 0 Å². The maximum atomic E-state index is 13.2. The van der Waals surface area contributed by atoms with Gasteiger partial charge in [0.1, 0.15) is 17.3 Å². The van der Waals surface area contributed by atoms with E-state index < -0.39 is 28.1 Å².